The molecule has 4 rings (SSSR count). The second-order valence-corrected chi connectivity index (χ2v) is 9.35. The predicted molar refractivity (Wildman–Crippen MR) is 126 cm³/mol. The van der Waals surface area contributed by atoms with Crippen molar-refractivity contribution < 1.29 is 19.4 Å². The Morgan fingerprint density at radius 2 is 2.00 bits per heavy atom. The molecule has 2 heterocycles. The van der Waals surface area contributed by atoms with Crippen LogP contribution in [-0.4, -0.2) is 65.0 Å². The van der Waals surface area contributed by atoms with Crippen LogP contribution >= 0.6 is 0 Å². The Bertz CT molecular complexity index is 881. The summed E-state index contributed by atoms with van der Waals surface area (Å²) in [6, 6.07) is 5.63. The van der Waals surface area contributed by atoms with E-state index in [2.05, 4.69) is 10.3 Å². The van der Waals surface area contributed by atoms with Gasteiger partial charge in [-0.05, 0) is 43.9 Å². The van der Waals surface area contributed by atoms with Crippen LogP contribution in [0, 0.1) is 0 Å². The third kappa shape index (κ3) is 5.66. The number of hydrogen-bond acceptors (Lipinski definition) is 6. The van der Waals surface area contributed by atoms with Crippen molar-refractivity contribution in [2.75, 3.05) is 20.3 Å². The van der Waals surface area contributed by atoms with Gasteiger partial charge in [0.1, 0.15) is 11.8 Å². The molecular formula is C25H36N4O4. The van der Waals surface area contributed by atoms with Crippen LogP contribution in [0.1, 0.15) is 69.8 Å². The van der Waals surface area contributed by atoms with Crippen LogP contribution in [0.2, 0.25) is 0 Å². The molecule has 0 spiro atoms. The average molecular weight is 457 g/mol. The summed E-state index contributed by atoms with van der Waals surface area (Å²) >= 11 is 0. The van der Waals surface area contributed by atoms with Crippen molar-refractivity contribution in [3.05, 3.63) is 23.8 Å². The zero-order valence-corrected chi connectivity index (χ0v) is 19.6. The van der Waals surface area contributed by atoms with Gasteiger partial charge < -0.3 is 19.6 Å². The number of hydrogen-bond donors (Lipinski definition) is 2. The van der Waals surface area contributed by atoms with Gasteiger partial charge in [0.25, 0.3) is 5.91 Å². The summed E-state index contributed by atoms with van der Waals surface area (Å²) in [5.74, 6) is 1.36. The monoisotopic (exact) mass is 456 g/mol. The molecule has 8 nitrogen and oxygen atoms in total. The van der Waals surface area contributed by atoms with Crippen molar-refractivity contribution >= 4 is 23.5 Å². The van der Waals surface area contributed by atoms with Crippen LogP contribution in [0.4, 0.5) is 5.69 Å². The Kier molecular flexibility index (Phi) is 7.85. The van der Waals surface area contributed by atoms with Gasteiger partial charge in [-0.1, -0.05) is 32.1 Å². The number of carbonyl (C=O) groups excluding carboxylic acids is 2. The lowest BCUT2D eigenvalue weighted by atomic mass is 9.94. The molecule has 1 saturated heterocycles. The molecule has 33 heavy (non-hydrogen) atoms. The van der Waals surface area contributed by atoms with Crippen LogP contribution in [0.5, 0.6) is 5.75 Å². The van der Waals surface area contributed by atoms with Gasteiger partial charge in [0.05, 0.1) is 18.9 Å². The quantitative estimate of drug-likeness (QED) is 0.528. The smallest absolute Gasteiger partial charge is 0.251 e. The lowest BCUT2D eigenvalue weighted by Crippen LogP contribution is -2.39. The van der Waals surface area contributed by atoms with Crippen molar-refractivity contribution in [3.63, 3.8) is 0 Å². The fourth-order valence-corrected chi connectivity index (χ4v) is 4.97. The minimum atomic E-state index is -0.587. The number of aliphatic hydroxyl groups is 1. The van der Waals surface area contributed by atoms with E-state index in [1.54, 1.807) is 4.90 Å². The number of nitrogens with zero attached hydrogens (tertiary/aromatic N) is 3. The topological polar surface area (TPSA) is 94.5 Å². The molecule has 1 atom stereocenters. The summed E-state index contributed by atoms with van der Waals surface area (Å²) in [6.45, 7) is 0.907. The highest BCUT2D eigenvalue weighted by Gasteiger charge is 2.38. The molecule has 0 bridgehead atoms. The van der Waals surface area contributed by atoms with E-state index in [1.165, 1.54) is 19.3 Å². The molecule has 0 aromatic heterocycles. The first kappa shape index (κ1) is 23.5. The van der Waals surface area contributed by atoms with Crippen molar-refractivity contribution in [2.24, 2.45) is 4.99 Å². The average Bonchev–Trinajstić information content (AvgIpc) is 3.15. The number of aliphatic hydroxyl groups excluding tert-OH is 1. The molecule has 180 valence electrons. The van der Waals surface area contributed by atoms with Crippen molar-refractivity contribution in [3.8, 4) is 5.75 Å². The molecule has 2 N–H and O–H groups in total. The lowest BCUT2D eigenvalue weighted by molar-refractivity contribution is -0.132. The first-order valence-electron chi connectivity index (χ1n) is 12.4. The van der Waals surface area contributed by atoms with Crippen molar-refractivity contribution in [1.29, 1.82) is 0 Å². The number of carbonyl (C=O) groups is 2. The number of nitrogens with one attached hydrogen (secondary N) is 1. The van der Waals surface area contributed by atoms with E-state index in [9.17, 15) is 14.7 Å². The van der Waals surface area contributed by atoms with E-state index in [0.717, 1.165) is 55.5 Å². The van der Waals surface area contributed by atoms with E-state index in [-0.39, 0.29) is 18.4 Å². The summed E-state index contributed by atoms with van der Waals surface area (Å²) in [7, 11) is 1.97. The molecular weight excluding hydrogens is 420 g/mol. The Morgan fingerprint density at radius 1 is 1.21 bits per heavy atom. The fraction of sp³-hybridized carbons (Fsp3) is 0.640. The van der Waals surface area contributed by atoms with Gasteiger partial charge in [0.15, 0.2) is 0 Å². The van der Waals surface area contributed by atoms with Gasteiger partial charge in [-0.15, -0.1) is 0 Å². The molecule has 1 unspecified atom stereocenters. The maximum Gasteiger partial charge on any atom is 0.251 e. The highest BCUT2D eigenvalue weighted by atomic mass is 16.5. The van der Waals surface area contributed by atoms with Crippen LogP contribution in [0.25, 0.3) is 0 Å². The molecule has 1 aromatic rings. The summed E-state index contributed by atoms with van der Waals surface area (Å²) in [6.07, 6.45) is 10.7. The number of amides is 2. The van der Waals surface area contributed by atoms with E-state index in [4.69, 9.17) is 4.74 Å². The lowest BCUT2D eigenvalue weighted by Gasteiger charge is -2.31. The predicted octanol–water partition coefficient (Wildman–Crippen LogP) is 3.10. The maximum atomic E-state index is 12.4. The molecule has 1 aliphatic carbocycles. The summed E-state index contributed by atoms with van der Waals surface area (Å²) in [5.41, 5.74) is 1.79. The summed E-state index contributed by atoms with van der Waals surface area (Å²) in [5, 5.41) is 12.2. The minimum absolute atomic E-state index is 0.220. The minimum Gasteiger partial charge on any atom is -0.494 e. The van der Waals surface area contributed by atoms with Crippen LogP contribution in [-0.2, 0) is 16.1 Å². The first-order valence-corrected chi connectivity index (χ1v) is 12.4. The number of benzene rings is 1. The van der Waals surface area contributed by atoms with E-state index < -0.39 is 6.04 Å². The molecule has 1 saturated carbocycles. The number of guanidine groups is 1. The number of fused-ring (bicyclic) bond motifs is 2. The molecule has 1 aromatic carbocycles. The zero-order valence-electron chi connectivity index (χ0n) is 19.6. The Balaban J connectivity index is 1.14. The number of unbranched alkanes of at least 4 members (excludes halogenated alkanes) is 3. The van der Waals surface area contributed by atoms with Crippen molar-refractivity contribution in [2.45, 2.75) is 82.8 Å². The van der Waals surface area contributed by atoms with E-state index >= 15 is 0 Å². The third-order valence-corrected chi connectivity index (χ3v) is 7.05. The van der Waals surface area contributed by atoms with Gasteiger partial charge in [-0.25, -0.2) is 4.99 Å². The maximum absolute atomic E-state index is 12.4. The van der Waals surface area contributed by atoms with E-state index in [1.807, 2.05) is 30.1 Å². The molecule has 2 aliphatic heterocycles. The molecule has 0 radical (unpaired) electrons. The zero-order chi connectivity index (χ0) is 23.2. The number of ether oxygens (including phenoxy) is 1. The van der Waals surface area contributed by atoms with Gasteiger partial charge >= 0.3 is 0 Å². The third-order valence-electron chi connectivity index (χ3n) is 7.05. The van der Waals surface area contributed by atoms with Gasteiger partial charge in [-0.3, -0.25) is 14.9 Å². The van der Waals surface area contributed by atoms with Crippen LogP contribution in [0.3, 0.4) is 0 Å². The van der Waals surface area contributed by atoms with Crippen LogP contribution in [0.15, 0.2) is 23.2 Å². The second-order valence-electron chi connectivity index (χ2n) is 9.35. The summed E-state index contributed by atoms with van der Waals surface area (Å²) < 4.78 is 5.93. The second kappa shape index (κ2) is 11.0. The number of rotatable bonds is 10. The molecule has 2 amide bonds. The molecule has 2 fully saturated rings. The van der Waals surface area contributed by atoms with Crippen molar-refractivity contribution in [1.82, 2.24) is 15.1 Å². The van der Waals surface area contributed by atoms with Gasteiger partial charge in [0.2, 0.25) is 11.9 Å². The number of aliphatic imine (C=N–C) groups is 1. The van der Waals surface area contributed by atoms with Gasteiger partial charge in [-0.2, -0.15) is 0 Å². The Morgan fingerprint density at radius 3 is 2.79 bits per heavy atom. The molecule has 3 aliphatic rings. The normalized spacial score (nSPS) is 20.1. The highest BCUT2D eigenvalue weighted by Crippen LogP contribution is 2.32. The standard InChI is InChI=1S/C25H36N4O4/c1-28(19-9-5-4-6-10-19)23(31)11-7-2-3-8-14-33-20-12-13-21-18(15-20)16-29-22(17-30)24(32)27-25(29)26-21/h12-13,15,19,22,30H,2-11,14,16-17H2,1H3,(H,26,27,32). The summed E-state index contributed by atoms with van der Waals surface area (Å²) in [4.78, 5) is 32.6. The Labute approximate surface area is 196 Å². The Hall–Kier alpha value is -2.61. The highest BCUT2D eigenvalue weighted by molar-refractivity contribution is 6.07. The molecule has 8 heteroatoms. The fourth-order valence-electron chi connectivity index (χ4n) is 4.97. The van der Waals surface area contributed by atoms with E-state index in [0.29, 0.717) is 31.6 Å². The van der Waals surface area contributed by atoms with Gasteiger partial charge in [0, 0.05) is 31.6 Å². The van der Waals surface area contributed by atoms with Crippen LogP contribution < -0.4 is 10.1 Å². The largest absolute Gasteiger partial charge is 0.494 e. The first-order chi connectivity index (χ1) is 16.1. The SMILES string of the molecule is CN(C(=O)CCCCCCOc1ccc2c(c1)CN1C(=N2)NC(=O)C1CO)C1CCCCC1.